The fraction of sp³-hybridized carbons (Fsp3) is 0.308. The van der Waals surface area contributed by atoms with Crippen LogP contribution in [0.15, 0.2) is 97.2 Å². The Morgan fingerprint density at radius 3 is 1.45 bits per heavy atom. The Morgan fingerprint density at radius 2 is 1.00 bits per heavy atom. The van der Waals surface area contributed by atoms with E-state index in [1.165, 1.54) is 18.2 Å². The average Bonchev–Trinajstić information content (AvgIpc) is 3.15. The van der Waals surface area contributed by atoms with Crippen molar-refractivity contribution in [1.29, 1.82) is 0 Å². The summed E-state index contributed by atoms with van der Waals surface area (Å²) in [6.45, 7) is 8.45. The lowest BCUT2D eigenvalue weighted by Gasteiger charge is -2.11. The number of carbonyl (C=O) groups excluding carboxylic acids is 4. The van der Waals surface area contributed by atoms with Gasteiger partial charge in [0.15, 0.2) is 0 Å². The summed E-state index contributed by atoms with van der Waals surface area (Å²) in [5, 5.41) is 12.2. The zero-order valence-electron chi connectivity index (χ0n) is 28.5. The monoisotopic (exact) mass is 701 g/mol. The van der Waals surface area contributed by atoms with E-state index >= 15 is 0 Å². The van der Waals surface area contributed by atoms with Gasteiger partial charge in [-0.15, -0.1) is 0 Å². The molecule has 0 saturated carbocycles. The first-order chi connectivity index (χ1) is 24.8. The van der Waals surface area contributed by atoms with Crippen molar-refractivity contribution in [3.63, 3.8) is 0 Å². The Balaban J connectivity index is 1.42. The van der Waals surface area contributed by atoms with Crippen LogP contribution in [0, 0.1) is 0 Å². The number of rotatable bonds is 23. The molecule has 3 aromatic rings. The van der Waals surface area contributed by atoms with Gasteiger partial charge in [0.1, 0.15) is 23.0 Å². The summed E-state index contributed by atoms with van der Waals surface area (Å²) in [5.74, 6) is -0.666. The summed E-state index contributed by atoms with van der Waals surface area (Å²) in [4.78, 5) is 47.7. The minimum Gasteiger partial charge on any atom is -0.494 e. The van der Waals surface area contributed by atoms with Gasteiger partial charge in [-0.25, -0.2) is 19.2 Å². The quantitative estimate of drug-likeness (QED) is 0.0202. The number of hydrogen-bond acceptors (Lipinski definition) is 12. The maximum absolute atomic E-state index is 12.9. The van der Waals surface area contributed by atoms with Crippen LogP contribution in [0.1, 0.15) is 77.6 Å². The molecule has 0 aliphatic rings. The highest BCUT2D eigenvalue weighted by Crippen LogP contribution is 2.26. The molecule has 12 heteroatoms. The molecule has 0 spiro atoms. The molecule has 51 heavy (non-hydrogen) atoms. The zero-order valence-corrected chi connectivity index (χ0v) is 28.5. The molecule has 0 saturated heterocycles. The summed E-state index contributed by atoms with van der Waals surface area (Å²) in [5.41, 5.74) is 0.770. The van der Waals surface area contributed by atoms with E-state index in [9.17, 15) is 24.4 Å². The normalized spacial score (nSPS) is 10.6. The van der Waals surface area contributed by atoms with Crippen LogP contribution in [0.2, 0.25) is 0 Å². The SMILES string of the molecule is C=CC(=O)OCCCCCCOc1ccc(C(=O)Oc2ccc(OC(=O)c3ccc(OCCCCCCOC(=O)C=C)cc3)c(/C=N/O)c2)cc1. The van der Waals surface area contributed by atoms with Crippen LogP contribution in [0.3, 0.4) is 0 Å². The lowest BCUT2D eigenvalue weighted by molar-refractivity contribution is -0.138. The molecule has 0 unspecified atom stereocenters. The molecular weight excluding hydrogens is 658 g/mol. The smallest absolute Gasteiger partial charge is 0.343 e. The maximum atomic E-state index is 12.9. The Bertz CT molecular complexity index is 1620. The number of oxime groups is 1. The summed E-state index contributed by atoms with van der Waals surface area (Å²) in [6, 6.07) is 17.3. The second-order valence-electron chi connectivity index (χ2n) is 11.0. The first-order valence-corrected chi connectivity index (χ1v) is 16.6. The lowest BCUT2D eigenvalue weighted by atomic mass is 10.2. The van der Waals surface area contributed by atoms with Gasteiger partial charge >= 0.3 is 23.9 Å². The fourth-order valence-corrected chi connectivity index (χ4v) is 4.50. The Hall–Kier alpha value is -5.91. The van der Waals surface area contributed by atoms with Crippen LogP contribution in [0.5, 0.6) is 23.0 Å². The van der Waals surface area contributed by atoms with Crippen molar-refractivity contribution in [3.05, 3.63) is 109 Å². The van der Waals surface area contributed by atoms with Crippen molar-refractivity contribution >= 4 is 30.1 Å². The highest BCUT2D eigenvalue weighted by atomic mass is 16.5. The van der Waals surface area contributed by atoms with E-state index in [4.69, 9.17) is 28.4 Å². The van der Waals surface area contributed by atoms with E-state index in [2.05, 4.69) is 18.3 Å². The second kappa shape index (κ2) is 22.7. The predicted molar refractivity (Wildman–Crippen MR) is 189 cm³/mol. The summed E-state index contributed by atoms with van der Waals surface area (Å²) in [6.07, 6.45) is 10.2. The lowest BCUT2D eigenvalue weighted by Crippen LogP contribution is -2.11. The van der Waals surface area contributed by atoms with Crippen LogP contribution in [-0.4, -0.2) is 61.7 Å². The minimum atomic E-state index is -0.648. The summed E-state index contributed by atoms with van der Waals surface area (Å²) in [7, 11) is 0. The Labute approximate surface area is 297 Å². The van der Waals surface area contributed by atoms with Crippen LogP contribution in [0.25, 0.3) is 0 Å². The van der Waals surface area contributed by atoms with Crippen molar-refractivity contribution in [1.82, 2.24) is 0 Å². The largest absolute Gasteiger partial charge is 0.494 e. The maximum Gasteiger partial charge on any atom is 0.343 e. The summed E-state index contributed by atoms with van der Waals surface area (Å²) >= 11 is 0. The number of ether oxygens (including phenoxy) is 6. The molecule has 0 bridgehead atoms. The van der Waals surface area contributed by atoms with Gasteiger partial charge in [0, 0.05) is 17.7 Å². The molecule has 0 heterocycles. The van der Waals surface area contributed by atoms with Crippen molar-refractivity contribution in [3.8, 4) is 23.0 Å². The van der Waals surface area contributed by atoms with Gasteiger partial charge in [-0.05, 0) is 118 Å². The Morgan fingerprint density at radius 1 is 0.569 bits per heavy atom. The van der Waals surface area contributed by atoms with Gasteiger partial charge in [0.05, 0.1) is 43.8 Å². The highest BCUT2D eigenvalue weighted by molar-refractivity contribution is 5.94. The fourth-order valence-electron chi connectivity index (χ4n) is 4.50. The average molecular weight is 702 g/mol. The molecule has 1 N–H and O–H groups in total. The molecule has 3 rings (SSSR count). The molecule has 0 aromatic heterocycles. The molecule has 0 aliphatic carbocycles. The first-order valence-electron chi connectivity index (χ1n) is 16.6. The van der Waals surface area contributed by atoms with Crippen molar-refractivity contribution in [2.24, 2.45) is 5.16 Å². The van der Waals surface area contributed by atoms with Crippen LogP contribution >= 0.6 is 0 Å². The molecule has 0 fully saturated rings. The predicted octanol–water partition coefficient (Wildman–Crippen LogP) is 7.27. The van der Waals surface area contributed by atoms with E-state index in [0.29, 0.717) is 43.5 Å². The second-order valence-corrected chi connectivity index (χ2v) is 11.0. The number of nitrogens with zero attached hydrogens (tertiary/aromatic N) is 1. The molecule has 0 amide bonds. The minimum absolute atomic E-state index is 0.0924. The van der Waals surface area contributed by atoms with E-state index in [1.807, 2.05) is 0 Å². The van der Waals surface area contributed by atoms with Gasteiger partial charge in [0.2, 0.25) is 0 Å². The number of esters is 4. The third kappa shape index (κ3) is 15.0. The molecular formula is C39H43NO11. The standard InChI is InChI=1S/C39H43NO11/c1-3-36(41)48-25-11-7-5-9-23-46-32-17-13-29(14-18-32)38(43)50-34-21-22-35(31(27-34)28-40-45)51-39(44)30-15-19-33(20-16-30)47-24-10-6-8-12-26-49-37(42)4-2/h3-4,13-22,27-28,45H,1-2,5-12,23-26H2/b40-28+. The first kappa shape index (κ1) is 39.5. The number of unbranched alkanes of at least 4 members (excludes halogenated alkanes) is 6. The van der Waals surface area contributed by atoms with Crippen molar-refractivity contribution < 1.29 is 52.8 Å². The zero-order chi connectivity index (χ0) is 36.7. The van der Waals surface area contributed by atoms with Gasteiger partial charge in [-0.3, -0.25) is 0 Å². The number of hydrogen-bond donors (Lipinski definition) is 1. The van der Waals surface area contributed by atoms with E-state index in [0.717, 1.165) is 69.7 Å². The van der Waals surface area contributed by atoms with Crippen LogP contribution < -0.4 is 18.9 Å². The topological polar surface area (TPSA) is 156 Å². The van der Waals surface area contributed by atoms with Gasteiger partial charge in [0.25, 0.3) is 0 Å². The van der Waals surface area contributed by atoms with Crippen LogP contribution in [0.4, 0.5) is 0 Å². The molecule has 270 valence electrons. The van der Waals surface area contributed by atoms with E-state index in [1.54, 1.807) is 48.5 Å². The summed E-state index contributed by atoms with van der Waals surface area (Å²) < 4.78 is 32.4. The van der Waals surface area contributed by atoms with E-state index < -0.39 is 23.9 Å². The third-order valence-corrected chi connectivity index (χ3v) is 7.21. The van der Waals surface area contributed by atoms with Crippen molar-refractivity contribution in [2.75, 3.05) is 26.4 Å². The Kier molecular flexibility index (Phi) is 17.6. The number of carbonyl (C=O) groups is 4. The van der Waals surface area contributed by atoms with Crippen LogP contribution in [-0.2, 0) is 19.1 Å². The molecule has 12 nitrogen and oxygen atoms in total. The van der Waals surface area contributed by atoms with Gasteiger partial charge in [-0.2, -0.15) is 0 Å². The molecule has 0 radical (unpaired) electrons. The van der Waals surface area contributed by atoms with Crippen molar-refractivity contribution in [2.45, 2.75) is 51.4 Å². The highest BCUT2D eigenvalue weighted by Gasteiger charge is 2.15. The molecule has 0 atom stereocenters. The molecule has 3 aromatic carbocycles. The van der Waals surface area contributed by atoms with Gasteiger partial charge in [-0.1, -0.05) is 18.3 Å². The number of benzene rings is 3. The molecule has 0 aliphatic heterocycles. The van der Waals surface area contributed by atoms with Gasteiger partial charge < -0.3 is 33.6 Å². The third-order valence-electron chi connectivity index (χ3n) is 7.21. The van der Waals surface area contributed by atoms with E-state index in [-0.39, 0.29) is 22.6 Å².